The van der Waals surface area contributed by atoms with Crippen molar-refractivity contribution in [3.63, 3.8) is 0 Å². The monoisotopic (exact) mass is 271 g/mol. The van der Waals surface area contributed by atoms with Gasteiger partial charge in [0.2, 0.25) is 10.0 Å². The van der Waals surface area contributed by atoms with E-state index in [2.05, 4.69) is 0 Å². The average Bonchev–Trinajstić information content (AvgIpc) is 2.70. The summed E-state index contributed by atoms with van der Waals surface area (Å²) in [7, 11) is -3.62. The number of aryl methyl sites for hydroxylation is 1. The van der Waals surface area contributed by atoms with E-state index < -0.39 is 22.2 Å². The van der Waals surface area contributed by atoms with Crippen molar-refractivity contribution in [1.29, 1.82) is 0 Å². The zero-order valence-corrected chi connectivity index (χ0v) is 11.0. The van der Waals surface area contributed by atoms with E-state index >= 15 is 0 Å². The predicted octanol–water partition coefficient (Wildman–Crippen LogP) is -0.0249. The lowest BCUT2D eigenvalue weighted by atomic mass is 10.2. The molecule has 100 valence electrons. The highest BCUT2D eigenvalue weighted by atomic mass is 32.2. The maximum Gasteiger partial charge on any atom is 0.243 e. The molecule has 2 rings (SSSR count). The summed E-state index contributed by atoms with van der Waals surface area (Å²) < 4.78 is 25.6. The van der Waals surface area contributed by atoms with Gasteiger partial charge in [0, 0.05) is 13.1 Å². The van der Waals surface area contributed by atoms with Crippen LogP contribution in [0.3, 0.4) is 0 Å². The normalized spacial score (nSPS) is 25.5. The second-order valence-electron chi connectivity index (χ2n) is 4.45. The molecule has 1 aliphatic heterocycles. The van der Waals surface area contributed by atoms with Crippen molar-refractivity contribution in [1.82, 2.24) is 4.31 Å². The van der Waals surface area contributed by atoms with Crippen LogP contribution in [0.4, 0.5) is 0 Å². The van der Waals surface area contributed by atoms with Gasteiger partial charge in [0.15, 0.2) is 0 Å². The SMILES string of the molecule is CCc1ccc(S(=O)(=O)N2C[C@@H](O)[C@@H](O)C2)cc1. The standard InChI is InChI=1S/C12H17NO4S/c1-2-9-3-5-10(6-4-9)18(16,17)13-7-11(14)12(15)8-13/h3-6,11-12,14-15H,2,7-8H2,1H3/t11-,12+. The number of rotatable bonds is 3. The van der Waals surface area contributed by atoms with Crippen LogP contribution >= 0.6 is 0 Å². The lowest BCUT2D eigenvalue weighted by Crippen LogP contribution is -2.29. The Morgan fingerprint density at radius 3 is 2.11 bits per heavy atom. The Labute approximate surface area is 107 Å². The fourth-order valence-electron chi connectivity index (χ4n) is 1.98. The van der Waals surface area contributed by atoms with Gasteiger partial charge in [-0.1, -0.05) is 19.1 Å². The van der Waals surface area contributed by atoms with Crippen LogP contribution in [0.15, 0.2) is 29.2 Å². The third kappa shape index (κ3) is 2.42. The molecule has 1 heterocycles. The second kappa shape index (κ2) is 4.97. The molecule has 2 atom stereocenters. The molecule has 18 heavy (non-hydrogen) atoms. The zero-order chi connectivity index (χ0) is 13.3. The summed E-state index contributed by atoms with van der Waals surface area (Å²) in [5, 5.41) is 18.8. The van der Waals surface area contributed by atoms with Crippen molar-refractivity contribution in [2.45, 2.75) is 30.4 Å². The van der Waals surface area contributed by atoms with E-state index in [0.29, 0.717) is 0 Å². The van der Waals surface area contributed by atoms with Gasteiger partial charge in [0.1, 0.15) is 0 Å². The summed E-state index contributed by atoms with van der Waals surface area (Å²) in [5.74, 6) is 0. The highest BCUT2D eigenvalue weighted by molar-refractivity contribution is 7.89. The van der Waals surface area contributed by atoms with E-state index in [1.807, 2.05) is 6.92 Å². The van der Waals surface area contributed by atoms with Gasteiger partial charge in [-0.05, 0) is 24.1 Å². The average molecular weight is 271 g/mol. The number of β-amino-alcohol motifs (C(OH)–C–C–N with tert-alkyl or cyclic N) is 2. The molecule has 0 aromatic heterocycles. The van der Waals surface area contributed by atoms with Crippen LogP contribution in [-0.4, -0.2) is 48.2 Å². The Morgan fingerprint density at radius 1 is 1.17 bits per heavy atom. The summed E-state index contributed by atoms with van der Waals surface area (Å²) in [6, 6.07) is 6.67. The molecule has 1 aromatic rings. The largest absolute Gasteiger partial charge is 0.389 e. The first kappa shape index (κ1) is 13.5. The van der Waals surface area contributed by atoms with Crippen molar-refractivity contribution < 1.29 is 18.6 Å². The molecule has 1 saturated heterocycles. The molecular weight excluding hydrogens is 254 g/mol. The van der Waals surface area contributed by atoms with Gasteiger partial charge in [-0.3, -0.25) is 0 Å². The van der Waals surface area contributed by atoms with E-state index in [1.165, 1.54) is 0 Å². The third-order valence-corrected chi connectivity index (χ3v) is 5.04. The highest BCUT2D eigenvalue weighted by Crippen LogP contribution is 2.21. The van der Waals surface area contributed by atoms with Crippen molar-refractivity contribution in [2.75, 3.05) is 13.1 Å². The molecule has 2 N–H and O–H groups in total. The minimum atomic E-state index is -3.62. The van der Waals surface area contributed by atoms with Crippen molar-refractivity contribution in [3.8, 4) is 0 Å². The predicted molar refractivity (Wildman–Crippen MR) is 66.6 cm³/mol. The van der Waals surface area contributed by atoms with Crippen LogP contribution in [0.2, 0.25) is 0 Å². The molecule has 1 fully saturated rings. The summed E-state index contributed by atoms with van der Waals surface area (Å²) in [6.07, 6.45) is -1.16. The maximum atomic E-state index is 12.2. The summed E-state index contributed by atoms with van der Waals surface area (Å²) >= 11 is 0. The van der Waals surface area contributed by atoms with E-state index in [0.717, 1.165) is 16.3 Å². The second-order valence-corrected chi connectivity index (χ2v) is 6.39. The smallest absolute Gasteiger partial charge is 0.243 e. The summed E-state index contributed by atoms with van der Waals surface area (Å²) in [4.78, 5) is 0.195. The number of nitrogens with zero attached hydrogens (tertiary/aromatic N) is 1. The first-order chi connectivity index (χ1) is 8.45. The van der Waals surface area contributed by atoms with Gasteiger partial charge in [-0.2, -0.15) is 4.31 Å². The molecule has 1 aromatic carbocycles. The highest BCUT2D eigenvalue weighted by Gasteiger charge is 2.37. The number of aliphatic hydroxyl groups is 2. The van der Waals surface area contributed by atoms with Crippen LogP contribution < -0.4 is 0 Å². The Hall–Kier alpha value is -0.950. The number of hydrogen-bond donors (Lipinski definition) is 2. The quantitative estimate of drug-likeness (QED) is 0.809. The van der Waals surface area contributed by atoms with E-state index in [4.69, 9.17) is 0 Å². The fraction of sp³-hybridized carbons (Fsp3) is 0.500. The minimum Gasteiger partial charge on any atom is -0.389 e. The molecule has 6 heteroatoms. The third-order valence-electron chi connectivity index (χ3n) is 3.19. The van der Waals surface area contributed by atoms with Gasteiger partial charge in [-0.25, -0.2) is 8.42 Å². The minimum absolute atomic E-state index is 0.0565. The van der Waals surface area contributed by atoms with Gasteiger partial charge >= 0.3 is 0 Å². The van der Waals surface area contributed by atoms with Crippen LogP contribution in [-0.2, 0) is 16.4 Å². The Kier molecular flexibility index (Phi) is 3.72. The first-order valence-electron chi connectivity index (χ1n) is 5.90. The topological polar surface area (TPSA) is 77.8 Å². The van der Waals surface area contributed by atoms with Gasteiger partial charge in [0.05, 0.1) is 17.1 Å². The lowest BCUT2D eigenvalue weighted by Gasteiger charge is -2.15. The maximum absolute atomic E-state index is 12.2. The van der Waals surface area contributed by atoms with Crippen molar-refractivity contribution in [3.05, 3.63) is 29.8 Å². The van der Waals surface area contributed by atoms with Gasteiger partial charge < -0.3 is 10.2 Å². The van der Waals surface area contributed by atoms with Crippen molar-refractivity contribution >= 4 is 10.0 Å². The van der Waals surface area contributed by atoms with E-state index in [-0.39, 0.29) is 18.0 Å². The molecule has 5 nitrogen and oxygen atoms in total. The molecule has 0 unspecified atom stereocenters. The summed E-state index contributed by atoms with van der Waals surface area (Å²) in [5.41, 5.74) is 1.07. The van der Waals surface area contributed by atoms with E-state index in [9.17, 15) is 18.6 Å². The number of hydrogen-bond acceptors (Lipinski definition) is 4. The van der Waals surface area contributed by atoms with Gasteiger partial charge in [-0.15, -0.1) is 0 Å². The van der Waals surface area contributed by atoms with Crippen LogP contribution in [0.1, 0.15) is 12.5 Å². The molecule has 0 aliphatic carbocycles. The molecule has 0 saturated carbocycles. The lowest BCUT2D eigenvalue weighted by molar-refractivity contribution is 0.0572. The Bertz CT molecular complexity index is 501. The zero-order valence-electron chi connectivity index (χ0n) is 10.2. The Morgan fingerprint density at radius 2 is 1.67 bits per heavy atom. The molecule has 0 radical (unpaired) electrons. The van der Waals surface area contributed by atoms with Crippen LogP contribution in [0.25, 0.3) is 0 Å². The molecule has 0 bridgehead atoms. The van der Waals surface area contributed by atoms with Crippen LogP contribution in [0.5, 0.6) is 0 Å². The fourth-order valence-corrected chi connectivity index (χ4v) is 3.45. The molecule has 1 aliphatic rings. The van der Waals surface area contributed by atoms with Gasteiger partial charge in [0.25, 0.3) is 0 Å². The van der Waals surface area contributed by atoms with Crippen molar-refractivity contribution in [2.24, 2.45) is 0 Å². The number of aliphatic hydroxyl groups excluding tert-OH is 2. The first-order valence-corrected chi connectivity index (χ1v) is 7.34. The number of sulfonamides is 1. The molecule has 0 spiro atoms. The summed E-state index contributed by atoms with van der Waals surface area (Å²) in [6.45, 7) is 1.88. The van der Waals surface area contributed by atoms with Crippen LogP contribution in [0, 0.1) is 0 Å². The molecule has 0 amide bonds. The van der Waals surface area contributed by atoms with E-state index in [1.54, 1.807) is 24.3 Å². The number of benzene rings is 1. The molecular formula is C12H17NO4S. The Balaban J connectivity index is 2.25.